The Morgan fingerprint density at radius 1 is 1.07 bits per heavy atom. The van der Waals surface area contributed by atoms with E-state index in [0.717, 1.165) is 26.8 Å². The molecule has 0 fully saturated rings. The minimum atomic E-state index is -0.831. The maximum Gasteiger partial charge on any atom is 0.305 e. The van der Waals surface area contributed by atoms with Crippen LogP contribution in [0.3, 0.4) is 0 Å². The van der Waals surface area contributed by atoms with Crippen molar-refractivity contribution in [3.63, 3.8) is 0 Å². The van der Waals surface area contributed by atoms with E-state index in [1.807, 2.05) is 61.5 Å². The number of nitrogens with zero attached hydrogens (tertiary/aromatic N) is 3. The summed E-state index contributed by atoms with van der Waals surface area (Å²) in [6.45, 7) is 1.68. The van der Waals surface area contributed by atoms with Crippen molar-refractivity contribution in [3.05, 3.63) is 69.0 Å². The minimum Gasteiger partial charge on any atom is -0.481 e. The van der Waals surface area contributed by atoms with Crippen LogP contribution in [-0.4, -0.2) is 41.6 Å². The van der Waals surface area contributed by atoms with Crippen LogP contribution >= 0.6 is 34.5 Å². The highest BCUT2D eigenvalue weighted by Crippen LogP contribution is 2.36. The molecule has 1 aromatic heterocycles. The molecule has 5 nitrogen and oxygen atoms in total. The molecule has 1 N–H and O–H groups in total. The third-order valence-electron chi connectivity index (χ3n) is 4.42. The number of carboxylic acid groups (broad SMARTS) is 1. The fourth-order valence-electron chi connectivity index (χ4n) is 3.01. The van der Waals surface area contributed by atoms with Gasteiger partial charge in [-0.3, -0.25) is 4.79 Å². The smallest absolute Gasteiger partial charge is 0.305 e. The third-order valence-corrected chi connectivity index (χ3v) is 6.26. The minimum absolute atomic E-state index is 0.0392. The number of aromatic nitrogens is 1. The van der Waals surface area contributed by atoms with Crippen molar-refractivity contribution in [2.45, 2.75) is 19.5 Å². The molecule has 0 bridgehead atoms. The second kappa shape index (κ2) is 10.3. The number of hydrogen-bond donors (Lipinski definition) is 1. The molecule has 30 heavy (non-hydrogen) atoms. The van der Waals surface area contributed by atoms with E-state index in [-0.39, 0.29) is 6.42 Å². The van der Waals surface area contributed by atoms with Crippen LogP contribution in [0.1, 0.15) is 16.9 Å². The van der Waals surface area contributed by atoms with Gasteiger partial charge in [0.2, 0.25) is 0 Å². The van der Waals surface area contributed by atoms with Gasteiger partial charge in [0.05, 0.1) is 22.2 Å². The van der Waals surface area contributed by atoms with Crippen LogP contribution < -0.4 is 4.90 Å². The summed E-state index contributed by atoms with van der Waals surface area (Å²) in [6, 6.07) is 15.5. The predicted molar refractivity (Wildman–Crippen MR) is 125 cm³/mol. The van der Waals surface area contributed by atoms with Crippen molar-refractivity contribution in [2.24, 2.45) is 0 Å². The molecule has 1 heterocycles. The van der Waals surface area contributed by atoms with E-state index in [1.54, 1.807) is 17.4 Å². The largest absolute Gasteiger partial charge is 0.481 e. The number of carboxylic acids is 1. The van der Waals surface area contributed by atoms with Crippen molar-refractivity contribution < 1.29 is 9.90 Å². The number of anilines is 1. The second-order valence-electron chi connectivity index (χ2n) is 7.19. The lowest BCUT2D eigenvalue weighted by atomic mass is 10.1. The van der Waals surface area contributed by atoms with Crippen molar-refractivity contribution in [1.82, 2.24) is 9.88 Å². The molecule has 0 amide bonds. The maximum atomic E-state index is 11.2. The van der Waals surface area contributed by atoms with Gasteiger partial charge in [-0.1, -0.05) is 70.9 Å². The zero-order valence-corrected chi connectivity index (χ0v) is 19.1. The van der Waals surface area contributed by atoms with Gasteiger partial charge >= 0.3 is 5.97 Å². The van der Waals surface area contributed by atoms with Gasteiger partial charge in [-0.2, -0.15) is 0 Å². The van der Waals surface area contributed by atoms with Crippen LogP contribution in [0.5, 0.6) is 0 Å². The fourth-order valence-corrected chi connectivity index (χ4v) is 4.54. The van der Waals surface area contributed by atoms with Crippen molar-refractivity contribution in [2.75, 3.05) is 25.5 Å². The molecule has 0 spiro atoms. The number of hydrogen-bond acceptors (Lipinski definition) is 5. The summed E-state index contributed by atoms with van der Waals surface area (Å²) >= 11 is 13.9. The average Bonchev–Trinajstić information content (AvgIpc) is 3.11. The first kappa shape index (κ1) is 22.6. The van der Waals surface area contributed by atoms with Gasteiger partial charge in [0.1, 0.15) is 0 Å². The molecule has 0 aliphatic rings. The first-order chi connectivity index (χ1) is 14.3. The summed E-state index contributed by atoms with van der Waals surface area (Å²) in [7, 11) is 4.01. The molecule has 0 radical (unpaired) electrons. The van der Waals surface area contributed by atoms with E-state index in [0.29, 0.717) is 29.7 Å². The molecular formula is C22H23Cl2N3O2S. The number of carbonyl (C=O) groups is 1. The molecule has 2 aromatic carbocycles. The van der Waals surface area contributed by atoms with Crippen LogP contribution in [0.2, 0.25) is 10.0 Å². The van der Waals surface area contributed by atoms with Gasteiger partial charge in [0, 0.05) is 30.1 Å². The molecule has 3 aromatic rings. The fraction of sp³-hybridized carbons (Fsp3) is 0.273. The Kier molecular flexibility index (Phi) is 7.72. The van der Waals surface area contributed by atoms with Gasteiger partial charge in [-0.25, -0.2) is 4.98 Å². The quantitative estimate of drug-likeness (QED) is 0.443. The Bertz CT molecular complexity index is 1010. The zero-order valence-electron chi connectivity index (χ0n) is 16.8. The zero-order chi connectivity index (χ0) is 21.7. The second-order valence-corrected chi connectivity index (χ2v) is 9.06. The molecule has 3 rings (SSSR count). The number of benzene rings is 2. The van der Waals surface area contributed by atoms with E-state index in [9.17, 15) is 9.90 Å². The van der Waals surface area contributed by atoms with Crippen LogP contribution in [0.25, 0.3) is 11.3 Å². The molecule has 0 saturated heterocycles. The molecule has 0 unspecified atom stereocenters. The van der Waals surface area contributed by atoms with Gasteiger partial charge < -0.3 is 14.9 Å². The monoisotopic (exact) mass is 463 g/mol. The van der Waals surface area contributed by atoms with Crippen LogP contribution in [0, 0.1) is 0 Å². The third kappa shape index (κ3) is 5.95. The lowest BCUT2D eigenvalue weighted by Crippen LogP contribution is -2.25. The average molecular weight is 464 g/mol. The summed E-state index contributed by atoms with van der Waals surface area (Å²) in [5, 5.41) is 11.0. The lowest BCUT2D eigenvalue weighted by Gasteiger charge is -2.21. The molecular weight excluding hydrogens is 441 g/mol. The Morgan fingerprint density at radius 3 is 2.43 bits per heavy atom. The summed E-state index contributed by atoms with van der Waals surface area (Å²) < 4.78 is 0. The molecule has 0 atom stereocenters. The Hall–Kier alpha value is -2.12. The lowest BCUT2D eigenvalue weighted by molar-refractivity contribution is -0.136. The normalized spacial score (nSPS) is 11.1. The Balaban J connectivity index is 2.00. The Labute approximate surface area is 190 Å². The van der Waals surface area contributed by atoms with E-state index >= 15 is 0 Å². The number of thiazole rings is 1. The first-order valence-electron chi connectivity index (χ1n) is 9.44. The molecule has 0 aliphatic carbocycles. The summed E-state index contributed by atoms with van der Waals surface area (Å²) in [5.74, 6) is -0.831. The maximum absolute atomic E-state index is 11.2. The van der Waals surface area contributed by atoms with Gasteiger partial charge in [0.25, 0.3) is 0 Å². The van der Waals surface area contributed by atoms with Gasteiger partial charge in [-0.05, 0) is 31.8 Å². The number of aliphatic carboxylic acids is 1. The summed E-state index contributed by atoms with van der Waals surface area (Å²) in [6.07, 6.45) is 0.0392. The van der Waals surface area contributed by atoms with Crippen molar-refractivity contribution in [3.8, 4) is 11.3 Å². The highest BCUT2D eigenvalue weighted by atomic mass is 35.5. The molecule has 158 valence electrons. The highest BCUT2D eigenvalue weighted by molar-refractivity contribution is 7.16. The molecule has 8 heteroatoms. The Morgan fingerprint density at radius 2 is 1.80 bits per heavy atom. The molecule has 0 aliphatic heterocycles. The van der Waals surface area contributed by atoms with E-state index in [4.69, 9.17) is 28.2 Å². The highest BCUT2D eigenvalue weighted by Gasteiger charge is 2.20. The first-order valence-corrected chi connectivity index (χ1v) is 11.0. The van der Waals surface area contributed by atoms with Crippen LogP contribution in [0.15, 0.2) is 48.5 Å². The van der Waals surface area contributed by atoms with Crippen molar-refractivity contribution >= 4 is 45.6 Å². The van der Waals surface area contributed by atoms with Gasteiger partial charge in [0.15, 0.2) is 5.13 Å². The summed E-state index contributed by atoms with van der Waals surface area (Å²) in [5.41, 5.74) is 2.83. The van der Waals surface area contributed by atoms with E-state index < -0.39 is 5.97 Å². The summed E-state index contributed by atoms with van der Waals surface area (Å²) in [4.78, 5) is 21.3. The van der Waals surface area contributed by atoms with Gasteiger partial charge in [-0.15, -0.1) is 0 Å². The van der Waals surface area contributed by atoms with E-state index in [1.165, 1.54) is 0 Å². The van der Waals surface area contributed by atoms with Crippen molar-refractivity contribution in [1.29, 1.82) is 0 Å². The van der Waals surface area contributed by atoms with Crippen LogP contribution in [0.4, 0.5) is 5.13 Å². The topological polar surface area (TPSA) is 56.7 Å². The number of halogens is 2. The van der Waals surface area contributed by atoms with E-state index in [2.05, 4.69) is 4.90 Å². The number of rotatable bonds is 9. The predicted octanol–water partition coefficient (Wildman–Crippen LogP) is 5.66. The van der Waals surface area contributed by atoms with Crippen LogP contribution in [-0.2, 0) is 17.9 Å². The SMILES string of the molecule is CN(C)Cc1sc(N(CCC(=O)O)Cc2ccccc2)nc1-c1ccc(Cl)c(Cl)c1. The molecule has 0 saturated carbocycles. The standard InChI is InChI=1S/C22H23Cl2N3O2S/c1-26(2)14-19-21(16-8-9-17(23)18(24)12-16)25-22(30-19)27(11-10-20(28)29)13-15-6-4-3-5-7-15/h3-9,12H,10-11,13-14H2,1-2H3,(H,28,29).